The number of nitrogens with one attached hydrogen (secondary N) is 1. The number of rotatable bonds is 4. The van der Waals surface area contributed by atoms with E-state index < -0.39 is 0 Å². The number of halogens is 1. The van der Waals surface area contributed by atoms with E-state index in [2.05, 4.69) is 0 Å². The number of allylic oxidation sites excluding steroid dienone is 4. The number of nitriles is 1. The van der Waals surface area contributed by atoms with E-state index in [1.54, 1.807) is 12.1 Å². The normalized spacial score (nSPS) is 13.9. The molecule has 0 unspecified atom stereocenters. The van der Waals surface area contributed by atoms with E-state index in [1.165, 1.54) is 18.2 Å². The van der Waals surface area contributed by atoms with Crippen molar-refractivity contribution in [2.75, 3.05) is 0 Å². The third-order valence-electron chi connectivity index (χ3n) is 2.72. The van der Waals surface area contributed by atoms with Gasteiger partial charge in [-0.3, -0.25) is 4.79 Å². The van der Waals surface area contributed by atoms with Gasteiger partial charge in [-0.25, -0.2) is 4.39 Å². The Morgan fingerprint density at radius 1 is 1.37 bits per heavy atom. The highest BCUT2D eigenvalue weighted by atomic mass is 19.1. The lowest BCUT2D eigenvalue weighted by molar-refractivity contribution is -0.115. The minimum atomic E-state index is -0.283. The lowest BCUT2D eigenvalue weighted by Gasteiger charge is -2.12. The van der Waals surface area contributed by atoms with Crippen molar-refractivity contribution in [1.29, 1.82) is 5.26 Å². The Bertz CT molecular complexity index is 600. The molecule has 2 rings (SSSR count). The van der Waals surface area contributed by atoms with Crippen LogP contribution in [0.25, 0.3) is 5.57 Å². The average molecular weight is 258 g/mol. The number of benzene rings is 1. The van der Waals surface area contributed by atoms with Crippen molar-refractivity contribution in [2.45, 2.75) is 12.8 Å². The van der Waals surface area contributed by atoms with E-state index in [1.807, 2.05) is 11.5 Å². The Balaban J connectivity index is 2.34. The highest BCUT2D eigenvalue weighted by molar-refractivity contribution is 5.79. The summed E-state index contributed by atoms with van der Waals surface area (Å²) in [6, 6.07) is 6.65. The summed E-state index contributed by atoms with van der Waals surface area (Å²) in [4.78, 5) is 15.0. The zero-order chi connectivity index (χ0) is 13.7. The molecule has 1 aromatic rings. The molecule has 1 aromatic carbocycles. The molecule has 4 nitrogen and oxygen atoms in total. The van der Waals surface area contributed by atoms with Gasteiger partial charge in [-0.15, -0.1) is 0 Å². The van der Waals surface area contributed by atoms with E-state index in [0.717, 1.165) is 6.42 Å². The van der Waals surface area contributed by atoms with Crippen molar-refractivity contribution in [1.82, 2.24) is 5.48 Å². The molecule has 1 amide bonds. The molecule has 1 aliphatic rings. The Morgan fingerprint density at radius 2 is 2.16 bits per heavy atom. The summed E-state index contributed by atoms with van der Waals surface area (Å²) in [5.41, 5.74) is 3.34. The smallest absolute Gasteiger partial charge is 0.239 e. The molecule has 0 aromatic heterocycles. The Morgan fingerprint density at radius 3 is 2.84 bits per heavy atom. The molecule has 19 heavy (non-hydrogen) atoms. The fourth-order valence-corrected chi connectivity index (χ4v) is 1.86. The second-order valence-electron chi connectivity index (χ2n) is 3.91. The van der Waals surface area contributed by atoms with Crippen LogP contribution in [0, 0.1) is 11.3 Å². The minimum absolute atomic E-state index is 0.221. The molecule has 5 heteroatoms. The third-order valence-corrected chi connectivity index (χ3v) is 2.72. The van der Waals surface area contributed by atoms with Gasteiger partial charge in [0.15, 0.2) is 5.75 Å². The van der Waals surface area contributed by atoms with Crippen molar-refractivity contribution in [3.8, 4) is 11.8 Å². The average Bonchev–Trinajstić information content (AvgIpc) is 2.45. The minimum Gasteiger partial charge on any atom is -0.378 e. The predicted octanol–water partition coefficient (Wildman–Crippen LogP) is 2.63. The van der Waals surface area contributed by atoms with Gasteiger partial charge in [0, 0.05) is 5.57 Å². The van der Waals surface area contributed by atoms with Gasteiger partial charge in [0.05, 0.1) is 5.56 Å². The van der Waals surface area contributed by atoms with Gasteiger partial charge >= 0.3 is 0 Å². The molecular formula is C14H11FN2O2. The number of nitrogens with zero attached hydrogens (tertiary/aromatic N) is 1. The highest BCUT2D eigenvalue weighted by Crippen LogP contribution is 2.31. The molecule has 0 saturated carbocycles. The SMILES string of the molecule is N#Cc1cc(C2=CCCC=C2F)ccc1ONC=O. The number of carbonyl (C=O) groups excluding carboxylic acids is 1. The largest absolute Gasteiger partial charge is 0.378 e. The number of hydrogen-bond acceptors (Lipinski definition) is 3. The standard InChI is InChI=1S/C14H11FN2O2/c15-13-4-2-1-3-12(13)10-5-6-14(19-17-9-18)11(7-10)8-16/h3-7,9H,1-2H2,(H,17,18). The summed E-state index contributed by atoms with van der Waals surface area (Å²) in [5, 5.41) is 9.03. The number of carbonyl (C=O) groups is 1. The lowest BCUT2D eigenvalue weighted by atomic mass is 9.97. The number of hydrogen-bond donors (Lipinski definition) is 1. The molecule has 0 aliphatic heterocycles. The maximum Gasteiger partial charge on any atom is 0.239 e. The first kappa shape index (κ1) is 12.8. The summed E-state index contributed by atoms with van der Waals surface area (Å²) < 4.78 is 13.7. The zero-order valence-corrected chi connectivity index (χ0v) is 10.0. The van der Waals surface area contributed by atoms with Gasteiger partial charge in [-0.05, 0) is 36.6 Å². The molecule has 0 fully saturated rings. The van der Waals surface area contributed by atoms with E-state index in [-0.39, 0.29) is 17.1 Å². The van der Waals surface area contributed by atoms with Crippen molar-refractivity contribution in [3.05, 3.63) is 47.3 Å². The molecule has 1 N–H and O–H groups in total. The lowest BCUT2D eigenvalue weighted by Crippen LogP contribution is -2.16. The first-order valence-electron chi connectivity index (χ1n) is 5.73. The summed E-state index contributed by atoms with van der Waals surface area (Å²) in [6.07, 6.45) is 5.15. The van der Waals surface area contributed by atoms with E-state index in [0.29, 0.717) is 24.0 Å². The van der Waals surface area contributed by atoms with Crippen LogP contribution in [-0.2, 0) is 4.79 Å². The number of hydroxylamine groups is 1. The van der Waals surface area contributed by atoms with E-state index in [4.69, 9.17) is 10.1 Å². The predicted molar refractivity (Wildman–Crippen MR) is 67.4 cm³/mol. The zero-order valence-electron chi connectivity index (χ0n) is 10.0. The van der Waals surface area contributed by atoms with Crippen molar-refractivity contribution in [3.63, 3.8) is 0 Å². The first-order valence-corrected chi connectivity index (χ1v) is 5.73. The van der Waals surface area contributed by atoms with Gasteiger partial charge in [0.2, 0.25) is 6.41 Å². The van der Waals surface area contributed by atoms with Crippen molar-refractivity contribution >= 4 is 12.0 Å². The van der Waals surface area contributed by atoms with Crippen LogP contribution in [0.2, 0.25) is 0 Å². The van der Waals surface area contributed by atoms with Crippen LogP contribution in [0.15, 0.2) is 36.2 Å². The molecule has 0 saturated heterocycles. The fourth-order valence-electron chi connectivity index (χ4n) is 1.86. The second-order valence-corrected chi connectivity index (χ2v) is 3.91. The Kier molecular flexibility index (Phi) is 3.94. The van der Waals surface area contributed by atoms with Crippen LogP contribution in [0.3, 0.4) is 0 Å². The van der Waals surface area contributed by atoms with Gasteiger partial charge in [-0.1, -0.05) is 12.1 Å². The molecule has 0 heterocycles. The van der Waals surface area contributed by atoms with Crippen LogP contribution in [-0.4, -0.2) is 6.41 Å². The summed E-state index contributed by atoms with van der Waals surface area (Å²) >= 11 is 0. The maximum atomic E-state index is 13.7. The van der Waals surface area contributed by atoms with E-state index in [9.17, 15) is 9.18 Å². The van der Waals surface area contributed by atoms with Crippen LogP contribution >= 0.6 is 0 Å². The summed E-state index contributed by atoms with van der Waals surface area (Å²) in [5.74, 6) is -0.0611. The second kappa shape index (κ2) is 5.83. The molecule has 1 aliphatic carbocycles. The maximum absolute atomic E-state index is 13.7. The van der Waals surface area contributed by atoms with Crippen LogP contribution in [0.5, 0.6) is 5.75 Å². The topological polar surface area (TPSA) is 62.1 Å². The first-order chi connectivity index (χ1) is 9.26. The highest BCUT2D eigenvalue weighted by Gasteiger charge is 2.13. The molecule has 96 valence electrons. The summed E-state index contributed by atoms with van der Waals surface area (Å²) in [7, 11) is 0. The van der Waals surface area contributed by atoms with Gasteiger partial charge in [-0.2, -0.15) is 10.7 Å². The summed E-state index contributed by atoms with van der Waals surface area (Å²) in [6.45, 7) is 0. The van der Waals surface area contributed by atoms with Crippen molar-refractivity contribution in [2.24, 2.45) is 0 Å². The molecule has 0 radical (unpaired) electrons. The quantitative estimate of drug-likeness (QED) is 0.667. The molecule has 0 bridgehead atoms. The van der Waals surface area contributed by atoms with Crippen LogP contribution < -0.4 is 10.3 Å². The monoisotopic (exact) mass is 258 g/mol. The number of amides is 1. The Hall–Kier alpha value is -2.61. The Labute approximate surface area is 109 Å². The van der Waals surface area contributed by atoms with Crippen LogP contribution in [0.4, 0.5) is 4.39 Å². The fraction of sp³-hybridized carbons (Fsp3) is 0.143. The van der Waals surface area contributed by atoms with Crippen LogP contribution in [0.1, 0.15) is 24.0 Å². The molecular weight excluding hydrogens is 247 g/mol. The molecule has 0 atom stereocenters. The van der Waals surface area contributed by atoms with Gasteiger partial charge in [0.1, 0.15) is 11.9 Å². The van der Waals surface area contributed by atoms with E-state index >= 15 is 0 Å². The van der Waals surface area contributed by atoms with Gasteiger partial charge < -0.3 is 4.84 Å². The molecule has 0 spiro atoms. The third kappa shape index (κ3) is 2.80. The van der Waals surface area contributed by atoms with Crippen molar-refractivity contribution < 1.29 is 14.0 Å². The van der Waals surface area contributed by atoms with Gasteiger partial charge in [0.25, 0.3) is 0 Å².